The number of fused-ring (bicyclic) bond motifs is 2. The lowest BCUT2D eigenvalue weighted by atomic mass is 10.0. The summed E-state index contributed by atoms with van der Waals surface area (Å²) in [6.07, 6.45) is 4.03. The van der Waals surface area contributed by atoms with Crippen LogP contribution >= 0.6 is 0 Å². The molecule has 2 aromatic heterocycles. The van der Waals surface area contributed by atoms with Gasteiger partial charge in [0.05, 0.1) is 51.2 Å². The van der Waals surface area contributed by atoms with Crippen molar-refractivity contribution in [2.24, 2.45) is 0 Å². The second-order valence-corrected chi connectivity index (χ2v) is 18.8. The van der Waals surface area contributed by atoms with Crippen molar-refractivity contribution in [3.63, 3.8) is 0 Å². The van der Waals surface area contributed by atoms with Crippen LogP contribution in [0, 0.1) is 0 Å². The number of ether oxygens (including phenoxy) is 2. The van der Waals surface area contributed by atoms with Crippen LogP contribution in [-0.4, -0.2) is 72.7 Å². The second kappa shape index (κ2) is 13.0. The van der Waals surface area contributed by atoms with E-state index in [4.69, 9.17) is 13.9 Å². The van der Waals surface area contributed by atoms with Gasteiger partial charge in [-0.15, -0.1) is 10.1 Å². The SMILES string of the molecule is CC1(C)Cc2cc(NC(=O)c3cncc4c3nnn4CCO[Si-](c3ccccc3)(c3ccccc3)C(C)(C)C)c(N3CCOCC3)cc2O1. The third-order valence-corrected chi connectivity index (χ3v) is 14.5. The molecule has 49 heavy (non-hydrogen) atoms. The van der Waals surface area contributed by atoms with Gasteiger partial charge in [-0.1, -0.05) is 86.6 Å². The van der Waals surface area contributed by atoms with Crippen LogP contribution in [0.15, 0.2) is 85.2 Å². The molecule has 5 aromatic rings. The number of nitrogens with one attached hydrogen (secondary N) is 1. The zero-order valence-electron chi connectivity index (χ0n) is 28.9. The molecule has 255 valence electrons. The number of anilines is 2. The van der Waals surface area contributed by atoms with E-state index in [2.05, 4.69) is 109 Å². The van der Waals surface area contributed by atoms with Crippen LogP contribution < -0.4 is 25.3 Å². The van der Waals surface area contributed by atoms with Crippen molar-refractivity contribution in [1.29, 1.82) is 0 Å². The van der Waals surface area contributed by atoms with E-state index in [0.29, 0.717) is 43.0 Å². The third kappa shape index (κ3) is 6.34. The van der Waals surface area contributed by atoms with E-state index >= 15 is 0 Å². The minimum Gasteiger partial charge on any atom is -0.557 e. The first-order chi connectivity index (χ1) is 23.6. The van der Waals surface area contributed by atoms with E-state index in [1.165, 1.54) is 10.4 Å². The molecule has 2 aliphatic heterocycles. The Labute approximate surface area is 288 Å². The van der Waals surface area contributed by atoms with Crippen molar-refractivity contribution in [2.45, 2.75) is 58.2 Å². The smallest absolute Gasteiger partial charge is 0.259 e. The molecule has 1 saturated heterocycles. The second-order valence-electron chi connectivity index (χ2n) is 14.4. The summed E-state index contributed by atoms with van der Waals surface area (Å²) < 4.78 is 20.7. The first-order valence-corrected chi connectivity index (χ1v) is 18.9. The average Bonchev–Trinajstić information content (AvgIpc) is 3.65. The highest BCUT2D eigenvalue weighted by Crippen LogP contribution is 2.42. The zero-order chi connectivity index (χ0) is 34.2. The van der Waals surface area contributed by atoms with Gasteiger partial charge in [-0.05, 0) is 19.9 Å². The molecule has 3 aromatic carbocycles. The molecule has 0 bridgehead atoms. The largest absolute Gasteiger partial charge is 0.557 e. The molecule has 0 unspecified atom stereocenters. The van der Waals surface area contributed by atoms with Gasteiger partial charge >= 0.3 is 0 Å². The van der Waals surface area contributed by atoms with Gasteiger partial charge in [-0.3, -0.25) is 9.78 Å². The first-order valence-electron chi connectivity index (χ1n) is 17.0. The fourth-order valence-corrected chi connectivity index (χ4v) is 11.8. The van der Waals surface area contributed by atoms with Gasteiger partial charge in [-0.25, -0.2) is 4.68 Å². The Morgan fingerprint density at radius 3 is 2.31 bits per heavy atom. The Balaban J connectivity index is 1.15. The number of pyridine rings is 1. The third-order valence-electron chi connectivity index (χ3n) is 9.49. The van der Waals surface area contributed by atoms with E-state index in [0.717, 1.165) is 42.2 Å². The van der Waals surface area contributed by atoms with Gasteiger partial charge in [0.1, 0.15) is 22.4 Å². The molecule has 11 heteroatoms. The van der Waals surface area contributed by atoms with E-state index in [1.807, 2.05) is 24.3 Å². The summed E-state index contributed by atoms with van der Waals surface area (Å²) in [6, 6.07) is 25.2. The fraction of sp³-hybridized carbons (Fsp3) is 0.368. The number of hydrogen-bond acceptors (Lipinski definition) is 8. The molecule has 4 heterocycles. The molecule has 0 aliphatic carbocycles. The minimum atomic E-state index is -2.72. The maximum Gasteiger partial charge on any atom is 0.259 e. The van der Waals surface area contributed by atoms with Crippen molar-refractivity contribution >= 4 is 47.0 Å². The predicted octanol–water partition coefficient (Wildman–Crippen LogP) is 5.21. The predicted molar refractivity (Wildman–Crippen MR) is 195 cm³/mol. The van der Waals surface area contributed by atoms with Crippen LogP contribution in [0.2, 0.25) is 5.04 Å². The van der Waals surface area contributed by atoms with Crippen LogP contribution in [0.25, 0.3) is 11.0 Å². The number of morpholine rings is 1. The van der Waals surface area contributed by atoms with Crippen LogP contribution in [-0.2, 0) is 22.1 Å². The Hall–Kier alpha value is -4.58. The van der Waals surface area contributed by atoms with Gasteiger partial charge in [0.2, 0.25) is 0 Å². The highest BCUT2D eigenvalue weighted by atomic mass is 28.4. The standard InChI is InChI=1S/C38H44N6O4Si/c1-37(2,3)49(28-12-8-6-9-13-28,29-14-10-7-11-15-29)47-21-18-44-33-26-39-25-30(35(33)41-42-44)36(45)40-31-22-27-24-38(4,5)48-34(27)23-32(31)43-16-19-46-20-17-43/h6-15,22-23,25-26H,16-21,24H2,1-5H3,(H,40,45)/q-1. The number of nitrogens with zero attached hydrogens (tertiary/aromatic N) is 5. The molecule has 0 saturated carbocycles. The molecule has 1 fully saturated rings. The molecular weight excluding hydrogens is 633 g/mol. The maximum atomic E-state index is 13.9. The molecule has 0 spiro atoms. The van der Waals surface area contributed by atoms with Crippen LogP contribution in [0.1, 0.15) is 50.5 Å². The number of hydrogen-bond donors (Lipinski definition) is 1. The van der Waals surface area contributed by atoms with E-state index < -0.39 is 8.32 Å². The normalized spacial score (nSPS) is 16.0. The zero-order valence-corrected chi connectivity index (χ0v) is 29.9. The van der Waals surface area contributed by atoms with Gasteiger partial charge < -0.3 is 24.1 Å². The van der Waals surface area contributed by atoms with Crippen molar-refractivity contribution in [2.75, 3.05) is 43.1 Å². The molecule has 7 rings (SSSR count). The summed E-state index contributed by atoms with van der Waals surface area (Å²) in [5.74, 6) is 0.567. The highest BCUT2D eigenvalue weighted by molar-refractivity contribution is 6.99. The molecule has 1 amide bonds. The molecule has 1 N–H and O–H groups in total. The molecule has 10 nitrogen and oxygen atoms in total. The topological polar surface area (TPSA) is 104 Å². The molecular formula is C38H44N6O4Si-. The minimum absolute atomic E-state index is 0.146. The Kier molecular flexibility index (Phi) is 8.76. The van der Waals surface area contributed by atoms with Crippen LogP contribution in [0.4, 0.5) is 11.4 Å². The number of benzene rings is 3. The van der Waals surface area contributed by atoms with Crippen molar-refractivity contribution < 1.29 is 18.7 Å². The van der Waals surface area contributed by atoms with Crippen LogP contribution in [0.3, 0.4) is 0 Å². The summed E-state index contributed by atoms with van der Waals surface area (Å²) in [6.45, 7) is 14.5. The lowest BCUT2D eigenvalue weighted by Crippen LogP contribution is -2.66. The number of carbonyl (C=O) groups is 1. The molecule has 2 aliphatic rings. The number of aromatic nitrogens is 4. The van der Waals surface area contributed by atoms with E-state index in [9.17, 15) is 4.79 Å². The summed E-state index contributed by atoms with van der Waals surface area (Å²) >= 11 is 0. The van der Waals surface area contributed by atoms with Gasteiger partial charge in [0.25, 0.3) is 5.91 Å². The van der Waals surface area contributed by atoms with E-state index in [-0.39, 0.29) is 16.5 Å². The number of carbonyl (C=O) groups excluding carboxylic acids is 1. The summed E-state index contributed by atoms with van der Waals surface area (Å²) in [4.78, 5) is 20.6. The van der Waals surface area contributed by atoms with Gasteiger partial charge in [0, 0.05) is 43.9 Å². The monoisotopic (exact) mass is 676 g/mol. The maximum absolute atomic E-state index is 13.9. The Bertz CT molecular complexity index is 1910. The summed E-state index contributed by atoms with van der Waals surface area (Å²) in [5.41, 5.74) is 3.95. The van der Waals surface area contributed by atoms with Gasteiger partial charge in [-0.2, -0.15) is 10.4 Å². The van der Waals surface area contributed by atoms with E-state index in [1.54, 1.807) is 17.1 Å². The Morgan fingerprint density at radius 2 is 1.65 bits per heavy atom. The summed E-state index contributed by atoms with van der Waals surface area (Å²) in [5, 5.41) is 14.4. The summed E-state index contributed by atoms with van der Waals surface area (Å²) in [7, 11) is -2.72. The first kappa shape index (κ1) is 32.9. The van der Waals surface area contributed by atoms with Gasteiger partial charge in [0.15, 0.2) is 0 Å². The highest BCUT2D eigenvalue weighted by Gasteiger charge is 2.37. The Morgan fingerprint density at radius 1 is 0.980 bits per heavy atom. The van der Waals surface area contributed by atoms with Crippen molar-refractivity contribution in [3.8, 4) is 5.75 Å². The lowest BCUT2D eigenvalue weighted by Gasteiger charge is -2.55. The van der Waals surface area contributed by atoms with Crippen molar-refractivity contribution in [3.05, 3.63) is 96.3 Å². The fourth-order valence-electron chi connectivity index (χ4n) is 7.26. The number of amides is 1. The number of rotatable bonds is 9. The van der Waals surface area contributed by atoms with Crippen molar-refractivity contribution in [1.82, 2.24) is 20.0 Å². The molecule has 0 radical (unpaired) electrons. The quantitative estimate of drug-likeness (QED) is 0.213. The molecule has 0 atom stereocenters. The lowest BCUT2D eigenvalue weighted by molar-refractivity contribution is 0.102. The van der Waals surface area contributed by atoms with Crippen LogP contribution in [0.5, 0.6) is 5.75 Å². The average molecular weight is 677 g/mol.